The summed E-state index contributed by atoms with van der Waals surface area (Å²) in [6.45, 7) is 5.49. The number of anilines is 1. The average Bonchev–Trinajstić information content (AvgIpc) is 2.57. The molecule has 2 aromatic rings. The van der Waals surface area contributed by atoms with E-state index in [-0.39, 0.29) is 0 Å². The van der Waals surface area contributed by atoms with Crippen molar-refractivity contribution >= 4 is 23.2 Å². The van der Waals surface area contributed by atoms with Gasteiger partial charge >= 0.3 is 0 Å². The number of halogens is 1. The van der Waals surface area contributed by atoms with E-state index in [1.54, 1.807) is 29.8 Å². The van der Waals surface area contributed by atoms with Gasteiger partial charge in [0.15, 0.2) is 5.65 Å². The fraction of sp³-hybridized carbons (Fsp3) is 0.455. The Morgan fingerprint density at radius 2 is 2.18 bits per heavy atom. The molecule has 0 aliphatic heterocycles. The summed E-state index contributed by atoms with van der Waals surface area (Å²) in [5.41, 5.74) is 0.215. The van der Waals surface area contributed by atoms with Gasteiger partial charge in [0.1, 0.15) is 0 Å². The minimum atomic E-state index is -0.516. The van der Waals surface area contributed by atoms with E-state index in [1.165, 1.54) is 0 Å². The topological polar surface area (TPSA) is 62.5 Å². The van der Waals surface area contributed by atoms with Crippen LogP contribution < -0.4 is 5.32 Å². The molecule has 0 bridgehead atoms. The van der Waals surface area contributed by atoms with Crippen LogP contribution >= 0.6 is 11.6 Å². The second-order valence-corrected chi connectivity index (χ2v) is 5.04. The van der Waals surface area contributed by atoms with Crippen molar-refractivity contribution in [3.8, 4) is 0 Å². The number of rotatable bonds is 3. The lowest BCUT2D eigenvalue weighted by atomic mass is 9.99. The molecule has 1 atom stereocenters. The van der Waals surface area contributed by atoms with Crippen LogP contribution in [-0.2, 0) is 0 Å². The van der Waals surface area contributed by atoms with Crippen LogP contribution in [-0.4, -0.2) is 31.3 Å². The molecule has 5 nitrogen and oxygen atoms in total. The second-order valence-electron chi connectivity index (χ2n) is 4.61. The van der Waals surface area contributed by atoms with Gasteiger partial charge in [-0.15, -0.1) is 5.10 Å². The van der Waals surface area contributed by atoms with Gasteiger partial charge in [0, 0.05) is 6.20 Å². The van der Waals surface area contributed by atoms with E-state index in [0.717, 1.165) is 0 Å². The lowest BCUT2D eigenvalue weighted by Gasteiger charge is -2.28. The van der Waals surface area contributed by atoms with Gasteiger partial charge in [-0.2, -0.15) is 4.98 Å². The minimum absolute atomic E-state index is 0.471. The van der Waals surface area contributed by atoms with Gasteiger partial charge in [-0.1, -0.05) is 11.6 Å². The number of hydrogen-bond donors (Lipinski definition) is 2. The molecule has 2 rings (SSSR count). The molecule has 0 aliphatic carbocycles. The number of aliphatic hydroxyl groups is 1. The lowest BCUT2D eigenvalue weighted by molar-refractivity contribution is 0.132. The van der Waals surface area contributed by atoms with E-state index >= 15 is 0 Å². The van der Waals surface area contributed by atoms with E-state index < -0.39 is 11.6 Å². The first-order valence-electron chi connectivity index (χ1n) is 5.37. The zero-order valence-corrected chi connectivity index (χ0v) is 10.7. The standard InChI is InChI=1S/C11H15ClN4O/c1-7(17)11(2,3)14-10-13-9-5-4-8(12)6-16(9)15-10/h4-7,17H,1-3H3,(H,14,15). The normalized spacial score (nSPS) is 13.9. The zero-order chi connectivity index (χ0) is 12.6. The van der Waals surface area contributed by atoms with Gasteiger partial charge in [-0.3, -0.25) is 0 Å². The molecule has 0 fully saturated rings. The van der Waals surface area contributed by atoms with E-state index in [4.69, 9.17) is 11.6 Å². The highest BCUT2D eigenvalue weighted by molar-refractivity contribution is 6.30. The quantitative estimate of drug-likeness (QED) is 0.879. The molecule has 0 amide bonds. The van der Waals surface area contributed by atoms with Crippen molar-refractivity contribution in [3.63, 3.8) is 0 Å². The Morgan fingerprint density at radius 3 is 2.82 bits per heavy atom. The number of hydrogen-bond acceptors (Lipinski definition) is 4. The molecule has 6 heteroatoms. The smallest absolute Gasteiger partial charge is 0.243 e. The molecule has 2 aromatic heterocycles. The van der Waals surface area contributed by atoms with E-state index in [2.05, 4.69) is 15.4 Å². The zero-order valence-electron chi connectivity index (χ0n) is 9.98. The van der Waals surface area contributed by atoms with Crippen molar-refractivity contribution in [1.82, 2.24) is 14.6 Å². The highest BCUT2D eigenvalue weighted by Crippen LogP contribution is 2.17. The van der Waals surface area contributed by atoms with Crippen molar-refractivity contribution < 1.29 is 5.11 Å². The number of pyridine rings is 1. The van der Waals surface area contributed by atoms with Crippen molar-refractivity contribution in [1.29, 1.82) is 0 Å². The molecule has 0 spiro atoms. The van der Waals surface area contributed by atoms with Crippen LogP contribution in [0.3, 0.4) is 0 Å². The Balaban J connectivity index is 2.31. The summed E-state index contributed by atoms with van der Waals surface area (Å²) >= 11 is 5.86. The molecule has 92 valence electrons. The summed E-state index contributed by atoms with van der Waals surface area (Å²) in [7, 11) is 0. The first-order chi connectivity index (χ1) is 7.88. The molecule has 2 heterocycles. The van der Waals surface area contributed by atoms with Crippen molar-refractivity contribution in [2.24, 2.45) is 0 Å². The van der Waals surface area contributed by atoms with Gasteiger partial charge in [0.05, 0.1) is 16.7 Å². The fourth-order valence-electron chi connectivity index (χ4n) is 1.30. The van der Waals surface area contributed by atoms with Crippen LogP contribution in [0.1, 0.15) is 20.8 Å². The Labute approximate surface area is 104 Å². The molecular formula is C11H15ClN4O. The third-order valence-corrected chi connectivity index (χ3v) is 3.00. The predicted octanol–water partition coefficient (Wildman–Crippen LogP) is 1.95. The molecule has 1 unspecified atom stereocenters. The molecule has 0 radical (unpaired) electrons. The molecule has 0 aliphatic rings. The van der Waals surface area contributed by atoms with Crippen molar-refractivity contribution in [2.45, 2.75) is 32.4 Å². The van der Waals surface area contributed by atoms with Gasteiger partial charge in [0.2, 0.25) is 5.95 Å². The fourth-order valence-corrected chi connectivity index (χ4v) is 1.46. The first kappa shape index (κ1) is 12.1. The molecule has 0 saturated carbocycles. The molecule has 0 aromatic carbocycles. The van der Waals surface area contributed by atoms with Crippen molar-refractivity contribution in [2.75, 3.05) is 5.32 Å². The summed E-state index contributed by atoms with van der Waals surface area (Å²) < 4.78 is 1.60. The Hall–Kier alpha value is -1.33. The number of aromatic nitrogens is 3. The largest absolute Gasteiger partial charge is 0.391 e. The van der Waals surface area contributed by atoms with Crippen LogP contribution in [0.5, 0.6) is 0 Å². The molecular weight excluding hydrogens is 240 g/mol. The third kappa shape index (κ3) is 2.50. The highest BCUT2D eigenvalue weighted by atomic mass is 35.5. The van der Waals surface area contributed by atoms with Gasteiger partial charge < -0.3 is 10.4 Å². The lowest BCUT2D eigenvalue weighted by Crippen LogP contribution is -2.42. The van der Waals surface area contributed by atoms with Crippen molar-refractivity contribution in [3.05, 3.63) is 23.4 Å². The highest BCUT2D eigenvalue weighted by Gasteiger charge is 2.25. The summed E-state index contributed by atoms with van der Waals surface area (Å²) in [4.78, 5) is 4.29. The maximum Gasteiger partial charge on any atom is 0.243 e. The maximum atomic E-state index is 9.61. The maximum absolute atomic E-state index is 9.61. The van der Waals surface area contributed by atoms with Crippen LogP contribution in [0.2, 0.25) is 5.02 Å². The Bertz CT molecular complexity index is 535. The molecule has 17 heavy (non-hydrogen) atoms. The second kappa shape index (κ2) is 4.16. The summed E-state index contributed by atoms with van der Waals surface area (Å²) in [6.07, 6.45) is 1.17. The average molecular weight is 255 g/mol. The van der Waals surface area contributed by atoms with E-state index in [0.29, 0.717) is 16.6 Å². The molecule has 2 N–H and O–H groups in total. The van der Waals surface area contributed by atoms with Gasteiger partial charge in [-0.25, -0.2) is 4.52 Å². The van der Waals surface area contributed by atoms with E-state index in [9.17, 15) is 5.11 Å². The number of aliphatic hydroxyl groups excluding tert-OH is 1. The van der Waals surface area contributed by atoms with Crippen LogP contribution in [0.4, 0.5) is 5.95 Å². The number of nitrogens with one attached hydrogen (secondary N) is 1. The number of fused-ring (bicyclic) bond motifs is 1. The van der Waals surface area contributed by atoms with Crippen LogP contribution in [0.15, 0.2) is 18.3 Å². The Kier molecular flexibility index (Phi) is 2.97. The monoisotopic (exact) mass is 254 g/mol. The van der Waals surface area contributed by atoms with Gasteiger partial charge in [-0.05, 0) is 32.9 Å². The third-order valence-electron chi connectivity index (χ3n) is 2.77. The predicted molar refractivity (Wildman–Crippen MR) is 67.4 cm³/mol. The SMILES string of the molecule is CC(O)C(C)(C)Nc1nc2ccc(Cl)cn2n1. The first-order valence-corrected chi connectivity index (χ1v) is 5.74. The minimum Gasteiger partial charge on any atom is -0.391 e. The number of nitrogens with zero attached hydrogens (tertiary/aromatic N) is 3. The summed E-state index contributed by atoms with van der Waals surface area (Å²) in [6, 6.07) is 3.55. The summed E-state index contributed by atoms with van der Waals surface area (Å²) in [5, 5.41) is 17.5. The molecule has 0 saturated heterocycles. The van der Waals surface area contributed by atoms with Crippen LogP contribution in [0.25, 0.3) is 5.65 Å². The van der Waals surface area contributed by atoms with Gasteiger partial charge in [0.25, 0.3) is 0 Å². The Morgan fingerprint density at radius 1 is 1.47 bits per heavy atom. The van der Waals surface area contributed by atoms with E-state index in [1.807, 2.05) is 13.8 Å². The summed E-state index contributed by atoms with van der Waals surface area (Å²) in [5.74, 6) is 0.471. The van der Waals surface area contributed by atoms with Crippen LogP contribution in [0, 0.1) is 0 Å².